The van der Waals surface area contributed by atoms with Crippen molar-refractivity contribution in [2.24, 2.45) is 0 Å². The van der Waals surface area contributed by atoms with Gasteiger partial charge >= 0.3 is 6.03 Å². The first-order valence-electron chi connectivity index (χ1n) is 16.2. The molecule has 2 atom stereocenters. The Balaban J connectivity index is 0.000000237. The molecule has 2 aliphatic heterocycles. The Morgan fingerprint density at radius 2 is 1.23 bits per heavy atom. The summed E-state index contributed by atoms with van der Waals surface area (Å²) in [5.74, 6) is -0.623. The highest BCUT2D eigenvalue weighted by Crippen LogP contribution is 2.29. The van der Waals surface area contributed by atoms with Crippen LogP contribution in [0.25, 0.3) is 0 Å². The molecule has 2 aliphatic rings. The van der Waals surface area contributed by atoms with Crippen LogP contribution in [0.3, 0.4) is 0 Å². The lowest BCUT2D eigenvalue weighted by Crippen LogP contribution is -2.48. The number of hydrogen-bond donors (Lipinski definition) is 3. The van der Waals surface area contributed by atoms with Crippen molar-refractivity contribution >= 4 is 34.9 Å². The molecule has 0 aliphatic carbocycles. The number of rotatable bonds is 6. The zero-order valence-electron chi connectivity index (χ0n) is 28.3. The summed E-state index contributed by atoms with van der Waals surface area (Å²) in [6.07, 6.45) is 1.55. The largest absolute Gasteiger partial charge is 0.396 e. The molecule has 0 spiro atoms. The number of nitrogens with zero attached hydrogens (tertiary/aromatic N) is 5. The number of halogens is 2. The Labute approximate surface area is 281 Å². The molecule has 2 fully saturated rings. The van der Waals surface area contributed by atoms with Gasteiger partial charge in [0.1, 0.15) is 0 Å². The van der Waals surface area contributed by atoms with Crippen LogP contribution in [0.4, 0.5) is 30.6 Å². The molecule has 13 heteroatoms. The number of nitrogen functional groups attached to an aromatic ring is 1. The van der Waals surface area contributed by atoms with E-state index in [9.17, 15) is 18.8 Å². The molecule has 2 aromatic carbocycles. The van der Waals surface area contributed by atoms with Gasteiger partial charge in [0.05, 0.1) is 23.3 Å². The minimum atomic E-state index is -0.533. The molecule has 0 bridgehead atoms. The summed E-state index contributed by atoms with van der Waals surface area (Å²) < 4.78 is 29.1. The van der Waals surface area contributed by atoms with Crippen LogP contribution >= 0.6 is 0 Å². The van der Waals surface area contributed by atoms with Crippen LogP contribution in [0.5, 0.6) is 0 Å². The fraction of sp³-hybridized carbons (Fsp3) is 0.429. The predicted octanol–water partition coefficient (Wildman–Crippen LogP) is 5.03. The van der Waals surface area contributed by atoms with Gasteiger partial charge in [-0.2, -0.15) is 0 Å². The first-order chi connectivity index (χ1) is 22.8. The standard InChI is InChI=1S/C21H26FN5O2.C14H20FN3O/c1-14-7-8-17(13-23-14)24-21(29)25-19-6-4-5-18(20(19)22)15(2)26-9-11-27(12-10-26)16(3)28;1-10(12-4-3-5-13(16)14(12)15)17-6-8-18(9-7-17)11(2)19/h4-8,13,15H,9-12H2,1-3H3,(H2,24,25,29);3-5,10H,6-9,16H2,1-2H3/t15-;10-/m00/s1. The van der Waals surface area contributed by atoms with E-state index in [0.717, 1.165) is 18.8 Å². The Morgan fingerprint density at radius 3 is 1.71 bits per heavy atom. The van der Waals surface area contributed by atoms with Crippen molar-refractivity contribution < 1.29 is 23.2 Å². The number of anilines is 3. The summed E-state index contributed by atoms with van der Waals surface area (Å²) in [6, 6.07) is 12.9. The second kappa shape index (κ2) is 16.5. The van der Waals surface area contributed by atoms with Crippen molar-refractivity contribution in [2.75, 3.05) is 68.7 Å². The van der Waals surface area contributed by atoms with Crippen molar-refractivity contribution in [1.82, 2.24) is 24.6 Å². The Hall–Kier alpha value is -4.62. The molecule has 48 heavy (non-hydrogen) atoms. The van der Waals surface area contributed by atoms with Crippen molar-refractivity contribution in [3.05, 3.63) is 83.2 Å². The van der Waals surface area contributed by atoms with E-state index in [1.54, 1.807) is 67.4 Å². The number of nitrogens with two attached hydrogens (primary N) is 1. The minimum absolute atomic E-state index is 0.0300. The smallest absolute Gasteiger partial charge is 0.323 e. The molecule has 11 nitrogen and oxygen atoms in total. The molecule has 1 aromatic heterocycles. The minimum Gasteiger partial charge on any atom is -0.396 e. The van der Waals surface area contributed by atoms with Crippen molar-refractivity contribution in [1.29, 1.82) is 0 Å². The van der Waals surface area contributed by atoms with Crippen LogP contribution in [0, 0.1) is 18.6 Å². The summed E-state index contributed by atoms with van der Waals surface area (Å²) in [5.41, 5.74) is 8.41. The molecule has 258 valence electrons. The molecule has 4 N–H and O–H groups in total. The number of aryl methyl sites for hydroxylation is 1. The molecule has 3 heterocycles. The first kappa shape index (κ1) is 36.2. The Kier molecular flexibility index (Phi) is 12.4. The number of carbonyl (C=O) groups excluding carboxylic acids is 3. The highest BCUT2D eigenvalue weighted by Gasteiger charge is 2.27. The number of carbonyl (C=O) groups is 3. The van der Waals surface area contributed by atoms with E-state index in [-0.39, 0.29) is 41.1 Å². The van der Waals surface area contributed by atoms with E-state index < -0.39 is 11.8 Å². The summed E-state index contributed by atoms with van der Waals surface area (Å²) in [4.78, 5) is 47.0. The summed E-state index contributed by atoms with van der Waals surface area (Å²) >= 11 is 0. The summed E-state index contributed by atoms with van der Waals surface area (Å²) in [6.45, 7) is 14.4. The number of piperazine rings is 2. The maximum atomic E-state index is 15.1. The van der Waals surface area contributed by atoms with Gasteiger partial charge in [-0.25, -0.2) is 13.6 Å². The number of nitrogens with one attached hydrogen (secondary N) is 2. The van der Waals surface area contributed by atoms with Crippen LogP contribution in [0.2, 0.25) is 0 Å². The lowest BCUT2D eigenvalue weighted by atomic mass is 10.0. The van der Waals surface area contributed by atoms with E-state index in [1.807, 2.05) is 25.7 Å². The maximum Gasteiger partial charge on any atom is 0.323 e. The third kappa shape index (κ3) is 9.26. The third-order valence-electron chi connectivity index (χ3n) is 9.02. The molecule has 3 aromatic rings. The third-order valence-corrected chi connectivity index (χ3v) is 9.02. The van der Waals surface area contributed by atoms with Crippen molar-refractivity contribution in [3.63, 3.8) is 0 Å². The van der Waals surface area contributed by atoms with Gasteiger partial charge in [-0.1, -0.05) is 24.3 Å². The molecule has 5 rings (SSSR count). The van der Waals surface area contributed by atoms with E-state index in [4.69, 9.17) is 5.73 Å². The highest BCUT2D eigenvalue weighted by molar-refractivity contribution is 5.99. The number of pyridine rings is 1. The SMILES string of the molecule is CC(=O)N1CCN([C@@H](C)c2cccc(N)c2F)CC1.CC(=O)N1CCN([C@@H](C)c2cccc(NC(=O)Nc3ccc(C)nc3)c2F)CC1. The van der Waals surface area contributed by atoms with Gasteiger partial charge in [-0.05, 0) is 45.0 Å². The van der Waals surface area contributed by atoms with Crippen LogP contribution < -0.4 is 16.4 Å². The van der Waals surface area contributed by atoms with E-state index >= 15 is 4.39 Å². The van der Waals surface area contributed by atoms with Gasteiger partial charge in [-0.15, -0.1) is 0 Å². The number of benzene rings is 2. The number of hydrogen-bond acceptors (Lipinski definition) is 7. The number of amides is 4. The van der Waals surface area contributed by atoms with Crippen LogP contribution in [0.1, 0.15) is 56.6 Å². The van der Waals surface area contributed by atoms with Gasteiger partial charge in [0.25, 0.3) is 0 Å². The van der Waals surface area contributed by atoms with Gasteiger partial charge in [-0.3, -0.25) is 24.4 Å². The van der Waals surface area contributed by atoms with Crippen LogP contribution in [0.15, 0.2) is 54.7 Å². The van der Waals surface area contributed by atoms with E-state index in [2.05, 4.69) is 25.4 Å². The van der Waals surface area contributed by atoms with Crippen molar-refractivity contribution in [3.8, 4) is 0 Å². The van der Waals surface area contributed by atoms with Crippen LogP contribution in [-0.2, 0) is 9.59 Å². The Bertz CT molecular complexity index is 1570. The molecular formula is C35H46F2N8O3. The topological polar surface area (TPSA) is 127 Å². The highest BCUT2D eigenvalue weighted by atomic mass is 19.1. The molecular weight excluding hydrogens is 618 g/mol. The summed E-state index contributed by atoms with van der Waals surface area (Å²) in [7, 11) is 0. The fourth-order valence-corrected chi connectivity index (χ4v) is 5.93. The lowest BCUT2D eigenvalue weighted by Gasteiger charge is -2.38. The summed E-state index contributed by atoms with van der Waals surface area (Å²) in [5, 5.41) is 5.21. The van der Waals surface area contributed by atoms with Crippen LogP contribution in [-0.4, -0.2) is 94.8 Å². The maximum absolute atomic E-state index is 15.1. The molecule has 0 saturated carbocycles. The van der Waals surface area contributed by atoms with Gasteiger partial charge in [0, 0.05) is 95.1 Å². The van der Waals surface area contributed by atoms with Gasteiger partial charge in [0.2, 0.25) is 11.8 Å². The monoisotopic (exact) mass is 664 g/mol. The predicted molar refractivity (Wildman–Crippen MR) is 183 cm³/mol. The normalized spacial score (nSPS) is 16.7. The number of urea groups is 1. The molecule has 0 radical (unpaired) electrons. The van der Waals surface area contributed by atoms with Gasteiger partial charge in [0.15, 0.2) is 11.6 Å². The first-order valence-corrected chi connectivity index (χ1v) is 16.2. The second-order valence-electron chi connectivity index (χ2n) is 12.2. The van der Waals surface area contributed by atoms with E-state index in [1.165, 1.54) is 6.07 Å². The number of aromatic nitrogens is 1. The average Bonchev–Trinajstić information content (AvgIpc) is 3.08. The molecule has 4 amide bonds. The fourth-order valence-electron chi connectivity index (χ4n) is 5.93. The van der Waals surface area contributed by atoms with Crippen molar-refractivity contribution in [2.45, 2.75) is 46.7 Å². The van der Waals surface area contributed by atoms with E-state index in [0.29, 0.717) is 56.1 Å². The quantitative estimate of drug-likeness (QED) is 0.316. The van der Waals surface area contributed by atoms with Gasteiger partial charge < -0.3 is 26.2 Å². The zero-order valence-corrected chi connectivity index (χ0v) is 28.3. The molecule has 0 unspecified atom stereocenters. The zero-order chi connectivity index (χ0) is 35.0. The Morgan fingerprint density at radius 1 is 0.729 bits per heavy atom. The second-order valence-corrected chi connectivity index (χ2v) is 12.2. The molecule has 2 saturated heterocycles. The lowest BCUT2D eigenvalue weighted by molar-refractivity contribution is -0.131. The average molecular weight is 665 g/mol.